The van der Waals surface area contributed by atoms with Crippen molar-refractivity contribution in [2.24, 2.45) is 0 Å². The molecule has 2 aromatic rings. The molecule has 2 rings (SSSR count). The van der Waals surface area contributed by atoms with Gasteiger partial charge in [-0.15, -0.1) is 0 Å². The molecule has 7 heteroatoms. The standard InChI is InChI=1S/C20H23N3O4/c1-5-23(11-17(24)22-18-12(2)7-6-8-13(18)3)19(25)16-10-9-15(20(26)27)14(4)21-16/h6-10H,5,11H2,1-4H3,(H,22,24)(H,26,27). The number of anilines is 1. The van der Waals surface area contributed by atoms with Gasteiger partial charge in [0.25, 0.3) is 5.91 Å². The van der Waals surface area contributed by atoms with E-state index in [9.17, 15) is 14.4 Å². The number of benzene rings is 1. The number of carboxylic acids is 1. The Morgan fingerprint density at radius 2 is 1.70 bits per heavy atom. The molecule has 0 saturated heterocycles. The lowest BCUT2D eigenvalue weighted by Gasteiger charge is -2.21. The molecule has 0 atom stereocenters. The van der Waals surface area contributed by atoms with Gasteiger partial charge in [0.1, 0.15) is 12.2 Å². The van der Waals surface area contributed by atoms with E-state index in [2.05, 4.69) is 10.3 Å². The summed E-state index contributed by atoms with van der Waals surface area (Å²) in [6.45, 7) is 7.31. The van der Waals surface area contributed by atoms with Gasteiger partial charge in [0.2, 0.25) is 5.91 Å². The highest BCUT2D eigenvalue weighted by Gasteiger charge is 2.20. The van der Waals surface area contributed by atoms with Gasteiger partial charge in [-0.1, -0.05) is 18.2 Å². The zero-order valence-electron chi connectivity index (χ0n) is 15.9. The van der Waals surface area contributed by atoms with Gasteiger partial charge in [-0.2, -0.15) is 0 Å². The fraction of sp³-hybridized carbons (Fsp3) is 0.300. The smallest absolute Gasteiger partial charge is 0.337 e. The second-order valence-electron chi connectivity index (χ2n) is 6.27. The minimum Gasteiger partial charge on any atom is -0.478 e. The van der Waals surface area contributed by atoms with Gasteiger partial charge in [0.05, 0.1) is 11.3 Å². The molecule has 0 unspecified atom stereocenters. The minimum atomic E-state index is -1.10. The molecule has 7 nitrogen and oxygen atoms in total. The van der Waals surface area contributed by atoms with Gasteiger partial charge < -0.3 is 15.3 Å². The summed E-state index contributed by atoms with van der Waals surface area (Å²) in [7, 11) is 0. The topological polar surface area (TPSA) is 99.6 Å². The van der Waals surface area contributed by atoms with E-state index in [-0.39, 0.29) is 29.4 Å². The Bertz CT molecular complexity index is 873. The Balaban J connectivity index is 2.14. The van der Waals surface area contributed by atoms with Crippen LogP contribution in [0.1, 0.15) is 44.6 Å². The monoisotopic (exact) mass is 369 g/mol. The number of pyridine rings is 1. The zero-order valence-corrected chi connectivity index (χ0v) is 15.9. The Labute approximate surface area is 158 Å². The predicted octanol–water partition coefficient (Wildman–Crippen LogP) is 2.81. The summed E-state index contributed by atoms with van der Waals surface area (Å²) in [4.78, 5) is 41.6. The number of nitrogens with one attached hydrogen (secondary N) is 1. The second kappa shape index (κ2) is 8.44. The fourth-order valence-electron chi connectivity index (χ4n) is 2.76. The molecule has 0 aliphatic rings. The Hall–Kier alpha value is -3.22. The third-order valence-corrected chi connectivity index (χ3v) is 4.28. The van der Waals surface area contributed by atoms with Crippen molar-refractivity contribution >= 4 is 23.5 Å². The van der Waals surface area contributed by atoms with E-state index >= 15 is 0 Å². The molecule has 0 aliphatic heterocycles. The molecule has 1 aromatic heterocycles. The van der Waals surface area contributed by atoms with Crippen molar-refractivity contribution in [2.75, 3.05) is 18.4 Å². The Morgan fingerprint density at radius 1 is 1.07 bits per heavy atom. The Morgan fingerprint density at radius 3 is 2.22 bits per heavy atom. The van der Waals surface area contributed by atoms with E-state index in [0.717, 1.165) is 16.8 Å². The molecule has 1 heterocycles. The predicted molar refractivity (Wildman–Crippen MR) is 102 cm³/mol. The van der Waals surface area contributed by atoms with Crippen LogP contribution >= 0.6 is 0 Å². The number of nitrogens with zero attached hydrogens (tertiary/aromatic N) is 2. The number of carboxylic acid groups (broad SMARTS) is 1. The third kappa shape index (κ3) is 4.69. The van der Waals surface area contributed by atoms with Crippen molar-refractivity contribution in [3.63, 3.8) is 0 Å². The van der Waals surface area contributed by atoms with Crippen molar-refractivity contribution in [1.29, 1.82) is 0 Å². The van der Waals surface area contributed by atoms with Crippen LogP contribution in [0.2, 0.25) is 0 Å². The van der Waals surface area contributed by atoms with Crippen LogP contribution in [0.3, 0.4) is 0 Å². The summed E-state index contributed by atoms with van der Waals surface area (Å²) in [5, 5.41) is 11.9. The average molecular weight is 369 g/mol. The summed E-state index contributed by atoms with van der Waals surface area (Å²) >= 11 is 0. The maximum absolute atomic E-state index is 12.7. The molecule has 2 amide bonds. The van der Waals surface area contributed by atoms with Crippen LogP contribution in [0.5, 0.6) is 0 Å². The minimum absolute atomic E-state index is 0.0439. The van der Waals surface area contributed by atoms with E-state index in [1.54, 1.807) is 6.92 Å². The first kappa shape index (κ1) is 20.1. The first-order valence-corrected chi connectivity index (χ1v) is 8.60. The maximum atomic E-state index is 12.7. The average Bonchev–Trinajstić information content (AvgIpc) is 2.62. The number of likely N-dealkylation sites (N-methyl/N-ethyl adjacent to an activating group) is 1. The third-order valence-electron chi connectivity index (χ3n) is 4.28. The highest BCUT2D eigenvalue weighted by atomic mass is 16.4. The number of carbonyl (C=O) groups is 3. The van der Waals surface area contributed by atoms with Gasteiger partial charge in [-0.25, -0.2) is 9.78 Å². The van der Waals surface area contributed by atoms with E-state index in [0.29, 0.717) is 6.54 Å². The van der Waals surface area contributed by atoms with Gasteiger partial charge in [0.15, 0.2) is 0 Å². The molecule has 0 radical (unpaired) electrons. The molecule has 0 aliphatic carbocycles. The van der Waals surface area contributed by atoms with Gasteiger partial charge in [-0.3, -0.25) is 9.59 Å². The number of amides is 2. The van der Waals surface area contributed by atoms with Crippen LogP contribution in [0, 0.1) is 20.8 Å². The number of aromatic carboxylic acids is 1. The number of hydrogen-bond acceptors (Lipinski definition) is 4. The van der Waals surface area contributed by atoms with Crippen LogP contribution < -0.4 is 5.32 Å². The zero-order chi connectivity index (χ0) is 20.1. The lowest BCUT2D eigenvalue weighted by Crippen LogP contribution is -2.38. The van der Waals surface area contributed by atoms with Crippen LogP contribution in [-0.2, 0) is 4.79 Å². The van der Waals surface area contributed by atoms with Gasteiger partial charge in [0, 0.05) is 12.2 Å². The molecule has 0 bridgehead atoms. The highest BCUT2D eigenvalue weighted by Crippen LogP contribution is 2.19. The molecular weight excluding hydrogens is 346 g/mol. The number of hydrogen-bond donors (Lipinski definition) is 2. The maximum Gasteiger partial charge on any atom is 0.337 e. The molecule has 1 aromatic carbocycles. The first-order chi connectivity index (χ1) is 12.7. The number of aromatic nitrogens is 1. The van der Waals surface area contributed by atoms with Crippen molar-refractivity contribution in [3.05, 3.63) is 58.4 Å². The van der Waals surface area contributed by atoms with E-state index in [1.165, 1.54) is 24.0 Å². The molecule has 0 saturated carbocycles. The van der Waals surface area contributed by atoms with Crippen LogP contribution in [0.15, 0.2) is 30.3 Å². The van der Waals surface area contributed by atoms with Crippen molar-refractivity contribution < 1.29 is 19.5 Å². The summed E-state index contributed by atoms with van der Waals surface area (Å²) in [5.41, 5.74) is 3.04. The van der Waals surface area contributed by atoms with Crippen LogP contribution in [0.25, 0.3) is 0 Å². The van der Waals surface area contributed by atoms with Crippen LogP contribution in [-0.4, -0.2) is 45.9 Å². The largest absolute Gasteiger partial charge is 0.478 e. The van der Waals surface area contributed by atoms with Crippen LogP contribution in [0.4, 0.5) is 5.69 Å². The quantitative estimate of drug-likeness (QED) is 0.816. The first-order valence-electron chi connectivity index (χ1n) is 8.60. The lowest BCUT2D eigenvalue weighted by atomic mass is 10.1. The number of rotatable bonds is 6. The van der Waals surface area contributed by atoms with Crippen molar-refractivity contribution in [3.8, 4) is 0 Å². The number of aryl methyl sites for hydroxylation is 3. The SMILES string of the molecule is CCN(CC(=O)Nc1c(C)cccc1C)C(=O)c1ccc(C(=O)O)c(C)n1. The fourth-order valence-corrected chi connectivity index (χ4v) is 2.76. The van der Waals surface area contributed by atoms with E-state index < -0.39 is 11.9 Å². The number of para-hydroxylation sites is 1. The molecule has 0 spiro atoms. The van der Waals surface area contributed by atoms with Gasteiger partial charge in [-0.05, 0) is 51.0 Å². The van der Waals surface area contributed by atoms with Gasteiger partial charge >= 0.3 is 5.97 Å². The van der Waals surface area contributed by atoms with E-state index in [4.69, 9.17) is 5.11 Å². The molecule has 2 N–H and O–H groups in total. The second-order valence-corrected chi connectivity index (χ2v) is 6.27. The van der Waals surface area contributed by atoms with E-state index in [1.807, 2.05) is 32.0 Å². The lowest BCUT2D eigenvalue weighted by molar-refractivity contribution is -0.116. The summed E-state index contributed by atoms with van der Waals surface area (Å²) < 4.78 is 0. The normalized spacial score (nSPS) is 10.4. The molecule has 0 fully saturated rings. The Kier molecular flexibility index (Phi) is 6.28. The highest BCUT2D eigenvalue weighted by molar-refractivity contribution is 5.99. The van der Waals surface area contributed by atoms with Crippen molar-refractivity contribution in [1.82, 2.24) is 9.88 Å². The summed E-state index contributed by atoms with van der Waals surface area (Å²) in [6, 6.07) is 8.44. The van der Waals surface area contributed by atoms with Crippen molar-refractivity contribution in [2.45, 2.75) is 27.7 Å². The summed E-state index contributed by atoms with van der Waals surface area (Å²) in [6.07, 6.45) is 0. The summed E-state index contributed by atoms with van der Waals surface area (Å²) in [5.74, 6) is -1.82. The number of carbonyl (C=O) groups excluding carboxylic acids is 2. The molecule has 142 valence electrons. The molecular formula is C20H23N3O4. The molecule has 27 heavy (non-hydrogen) atoms.